The Hall–Kier alpha value is -1.35. The van der Waals surface area contributed by atoms with Crippen molar-refractivity contribution in [1.82, 2.24) is 5.32 Å². The van der Waals surface area contributed by atoms with E-state index in [1.807, 2.05) is 17.0 Å². The molecule has 0 aliphatic carbocycles. The van der Waals surface area contributed by atoms with Crippen LogP contribution in [0.15, 0.2) is 24.3 Å². The fourth-order valence-corrected chi connectivity index (χ4v) is 2.75. The maximum absolute atomic E-state index is 12.2. The quantitative estimate of drug-likeness (QED) is 0.772. The molecule has 3 heteroatoms. The maximum atomic E-state index is 12.2. The average molecular weight is 274 g/mol. The second-order valence-corrected chi connectivity index (χ2v) is 5.55. The Balaban J connectivity index is 1.90. The van der Waals surface area contributed by atoms with Crippen LogP contribution in [0.25, 0.3) is 0 Å². The van der Waals surface area contributed by atoms with E-state index in [-0.39, 0.29) is 5.91 Å². The molecule has 20 heavy (non-hydrogen) atoms. The van der Waals surface area contributed by atoms with E-state index >= 15 is 0 Å². The molecular formula is C17H26N2O. The molecule has 0 saturated carbocycles. The second kappa shape index (κ2) is 8.05. The second-order valence-electron chi connectivity index (χ2n) is 5.55. The Bertz CT molecular complexity index is 431. The van der Waals surface area contributed by atoms with E-state index in [1.54, 1.807) is 0 Å². The zero-order valence-electron chi connectivity index (χ0n) is 12.5. The predicted molar refractivity (Wildman–Crippen MR) is 83.9 cm³/mol. The first-order valence-corrected chi connectivity index (χ1v) is 7.92. The number of unbranched alkanes of at least 4 members (excludes halogenated alkanes) is 5. The number of hydrogen-bond acceptors (Lipinski definition) is 2. The normalized spacial score (nSPS) is 15.1. The highest BCUT2D eigenvalue weighted by atomic mass is 16.2. The topological polar surface area (TPSA) is 32.3 Å². The molecule has 0 atom stereocenters. The summed E-state index contributed by atoms with van der Waals surface area (Å²) in [5.74, 6) is 0.198. The molecule has 1 aromatic carbocycles. The number of carbonyl (C=O) groups is 1. The van der Waals surface area contributed by atoms with Gasteiger partial charge in [0.1, 0.15) is 0 Å². The van der Waals surface area contributed by atoms with E-state index in [2.05, 4.69) is 24.4 Å². The standard InChI is InChI=1S/C17H26N2O/c1-2-3-4-5-6-9-12-19-16-11-8-7-10-15(16)13-18-14-17(19)20/h7-8,10-11,18H,2-6,9,12-14H2,1H3. The summed E-state index contributed by atoms with van der Waals surface area (Å²) in [5.41, 5.74) is 2.32. The number of para-hydroxylation sites is 1. The van der Waals surface area contributed by atoms with Gasteiger partial charge in [0.2, 0.25) is 5.91 Å². The number of fused-ring (bicyclic) bond motifs is 1. The van der Waals surface area contributed by atoms with Crippen molar-refractivity contribution < 1.29 is 4.79 Å². The van der Waals surface area contributed by atoms with Crippen LogP contribution in [0.3, 0.4) is 0 Å². The summed E-state index contributed by atoms with van der Waals surface area (Å²) in [6, 6.07) is 8.23. The fourth-order valence-electron chi connectivity index (χ4n) is 2.75. The molecule has 3 nitrogen and oxygen atoms in total. The fraction of sp³-hybridized carbons (Fsp3) is 0.588. The average Bonchev–Trinajstić information content (AvgIpc) is 2.62. The van der Waals surface area contributed by atoms with Gasteiger partial charge in [-0.25, -0.2) is 0 Å². The highest BCUT2D eigenvalue weighted by Crippen LogP contribution is 2.23. The first kappa shape index (κ1) is 15.0. The molecule has 0 unspecified atom stereocenters. The number of hydrogen-bond donors (Lipinski definition) is 1. The number of anilines is 1. The van der Waals surface area contributed by atoms with Gasteiger partial charge in [0.05, 0.1) is 6.54 Å². The largest absolute Gasteiger partial charge is 0.311 e. The van der Waals surface area contributed by atoms with Crippen molar-refractivity contribution >= 4 is 11.6 Å². The molecule has 1 heterocycles. The summed E-state index contributed by atoms with van der Waals surface area (Å²) < 4.78 is 0. The molecule has 0 fully saturated rings. The number of rotatable bonds is 7. The molecular weight excluding hydrogens is 248 g/mol. The van der Waals surface area contributed by atoms with Gasteiger partial charge in [-0.1, -0.05) is 57.2 Å². The lowest BCUT2D eigenvalue weighted by molar-refractivity contribution is -0.117. The van der Waals surface area contributed by atoms with Crippen LogP contribution >= 0.6 is 0 Å². The summed E-state index contributed by atoms with van der Waals surface area (Å²) in [5, 5.41) is 3.21. The molecule has 1 N–H and O–H groups in total. The third-order valence-electron chi connectivity index (χ3n) is 3.91. The number of nitrogens with zero attached hydrogens (tertiary/aromatic N) is 1. The van der Waals surface area contributed by atoms with Crippen LogP contribution in [0.5, 0.6) is 0 Å². The molecule has 0 radical (unpaired) electrons. The van der Waals surface area contributed by atoms with Crippen molar-refractivity contribution in [3.63, 3.8) is 0 Å². The molecule has 1 aliphatic heterocycles. The van der Waals surface area contributed by atoms with Gasteiger partial charge in [-0.3, -0.25) is 4.79 Å². The molecule has 0 aromatic heterocycles. The van der Waals surface area contributed by atoms with Crippen LogP contribution in [0.2, 0.25) is 0 Å². The maximum Gasteiger partial charge on any atom is 0.240 e. The number of benzene rings is 1. The third kappa shape index (κ3) is 4.07. The van der Waals surface area contributed by atoms with E-state index in [9.17, 15) is 4.79 Å². The summed E-state index contributed by atoms with van der Waals surface area (Å²) in [6.07, 6.45) is 7.54. The zero-order chi connectivity index (χ0) is 14.2. The van der Waals surface area contributed by atoms with Crippen molar-refractivity contribution in [2.45, 2.75) is 52.0 Å². The van der Waals surface area contributed by atoms with E-state index in [1.165, 1.54) is 37.7 Å². The molecule has 1 aliphatic rings. The SMILES string of the molecule is CCCCCCCCN1C(=O)CNCc2ccccc21. The number of carbonyl (C=O) groups excluding carboxylic acids is 1. The van der Waals surface area contributed by atoms with Crippen LogP contribution in [0.1, 0.15) is 51.0 Å². The lowest BCUT2D eigenvalue weighted by Gasteiger charge is -2.22. The predicted octanol–water partition coefficient (Wildman–Crippen LogP) is 3.48. The van der Waals surface area contributed by atoms with Crippen LogP contribution < -0.4 is 10.2 Å². The Morgan fingerprint density at radius 2 is 1.80 bits per heavy atom. The van der Waals surface area contributed by atoms with Gasteiger partial charge < -0.3 is 10.2 Å². The van der Waals surface area contributed by atoms with Crippen molar-refractivity contribution in [2.24, 2.45) is 0 Å². The molecule has 2 rings (SSSR count). The Labute approximate surface area is 122 Å². The summed E-state index contributed by atoms with van der Waals surface area (Å²) in [4.78, 5) is 14.2. The minimum Gasteiger partial charge on any atom is -0.311 e. The molecule has 0 saturated heterocycles. The summed E-state index contributed by atoms with van der Waals surface area (Å²) in [7, 11) is 0. The third-order valence-corrected chi connectivity index (χ3v) is 3.91. The van der Waals surface area contributed by atoms with Gasteiger partial charge >= 0.3 is 0 Å². The molecule has 110 valence electrons. The Morgan fingerprint density at radius 1 is 1.05 bits per heavy atom. The van der Waals surface area contributed by atoms with Gasteiger partial charge in [-0.05, 0) is 18.1 Å². The molecule has 1 aromatic rings. The highest BCUT2D eigenvalue weighted by Gasteiger charge is 2.20. The van der Waals surface area contributed by atoms with Crippen molar-refractivity contribution in [1.29, 1.82) is 0 Å². The molecule has 0 bridgehead atoms. The van der Waals surface area contributed by atoms with E-state index in [4.69, 9.17) is 0 Å². The highest BCUT2D eigenvalue weighted by molar-refractivity contribution is 5.96. The first-order valence-electron chi connectivity index (χ1n) is 7.92. The van der Waals surface area contributed by atoms with Crippen LogP contribution in [0.4, 0.5) is 5.69 Å². The van der Waals surface area contributed by atoms with E-state index in [0.29, 0.717) is 6.54 Å². The van der Waals surface area contributed by atoms with E-state index < -0.39 is 0 Å². The number of amides is 1. The monoisotopic (exact) mass is 274 g/mol. The van der Waals surface area contributed by atoms with Crippen LogP contribution in [-0.2, 0) is 11.3 Å². The van der Waals surface area contributed by atoms with Crippen molar-refractivity contribution in [3.05, 3.63) is 29.8 Å². The molecule has 1 amide bonds. The van der Waals surface area contributed by atoms with Crippen molar-refractivity contribution in [3.8, 4) is 0 Å². The number of nitrogens with one attached hydrogen (secondary N) is 1. The summed E-state index contributed by atoms with van der Waals surface area (Å²) in [6.45, 7) is 4.32. The van der Waals surface area contributed by atoms with Crippen LogP contribution in [-0.4, -0.2) is 19.0 Å². The smallest absolute Gasteiger partial charge is 0.240 e. The minimum absolute atomic E-state index is 0.198. The zero-order valence-corrected chi connectivity index (χ0v) is 12.5. The van der Waals surface area contributed by atoms with Gasteiger partial charge in [0.15, 0.2) is 0 Å². The summed E-state index contributed by atoms with van der Waals surface area (Å²) >= 11 is 0. The lowest BCUT2D eigenvalue weighted by atomic mass is 10.1. The van der Waals surface area contributed by atoms with Gasteiger partial charge in [0.25, 0.3) is 0 Å². The van der Waals surface area contributed by atoms with Gasteiger partial charge in [-0.2, -0.15) is 0 Å². The van der Waals surface area contributed by atoms with Gasteiger partial charge in [0, 0.05) is 18.8 Å². The molecule has 0 spiro atoms. The van der Waals surface area contributed by atoms with Gasteiger partial charge in [-0.15, -0.1) is 0 Å². The Kier molecular flexibility index (Phi) is 6.06. The van der Waals surface area contributed by atoms with Crippen molar-refractivity contribution in [2.75, 3.05) is 18.0 Å². The van der Waals surface area contributed by atoms with Crippen LogP contribution in [0, 0.1) is 0 Å². The Morgan fingerprint density at radius 3 is 2.65 bits per heavy atom. The first-order chi connectivity index (χ1) is 9.83. The lowest BCUT2D eigenvalue weighted by Crippen LogP contribution is -2.36. The minimum atomic E-state index is 0.198. The van der Waals surface area contributed by atoms with E-state index in [0.717, 1.165) is 25.2 Å².